The number of hydrogen-bond donors (Lipinski definition) is 2. The highest BCUT2D eigenvalue weighted by Crippen LogP contribution is 2.12. The number of anilines is 1. The van der Waals surface area contributed by atoms with Crippen molar-refractivity contribution in [3.05, 3.63) is 11.8 Å². The van der Waals surface area contributed by atoms with E-state index in [9.17, 15) is 4.79 Å². The average Bonchev–Trinajstić information content (AvgIpc) is 2.60. The molecule has 0 aliphatic rings. The summed E-state index contributed by atoms with van der Waals surface area (Å²) in [6.45, 7) is 4.17. The number of rotatable bonds is 5. The average molecular weight is 211 g/mol. The maximum Gasteiger partial charge on any atom is 0.231 e. The zero-order chi connectivity index (χ0) is 11.3. The van der Waals surface area contributed by atoms with Crippen molar-refractivity contribution in [3.8, 4) is 0 Å². The molecule has 0 spiro atoms. The lowest BCUT2D eigenvalue weighted by atomic mass is 10.0. The Morgan fingerprint density at radius 3 is 2.93 bits per heavy atom. The van der Waals surface area contributed by atoms with Gasteiger partial charge in [-0.25, -0.2) is 0 Å². The third kappa shape index (κ3) is 3.36. The molecule has 1 unspecified atom stereocenters. The number of carbonyl (C=O) groups is 1. The molecule has 0 aromatic carbocycles. The minimum Gasteiger partial charge on any atom is -0.338 e. The number of nitrogens with zero attached hydrogens (tertiary/aromatic N) is 1. The predicted molar refractivity (Wildman–Crippen MR) is 57.3 cm³/mol. The van der Waals surface area contributed by atoms with Gasteiger partial charge in [0.25, 0.3) is 0 Å². The van der Waals surface area contributed by atoms with Gasteiger partial charge in [-0.3, -0.25) is 10.1 Å². The molecule has 0 aliphatic heterocycles. The van der Waals surface area contributed by atoms with Crippen LogP contribution in [0.5, 0.6) is 0 Å². The lowest BCUT2D eigenvalue weighted by Gasteiger charge is -2.11. The van der Waals surface area contributed by atoms with Crippen molar-refractivity contribution in [2.45, 2.75) is 26.7 Å². The first kappa shape index (κ1) is 11.7. The molecule has 5 nitrogen and oxygen atoms in total. The van der Waals surface area contributed by atoms with Gasteiger partial charge in [0.15, 0.2) is 0 Å². The lowest BCUT2D eigenvalue weighted by molar-refractivity contribution is -0.119. The molecule has 0 fully saturated rings. The zero-order valence-electron chi connectivity index (χ0n) is 9.12. The van der Waals surface area contributed by atoms with E-state index in [1.54, 1.807) is 13.0 Å². The van der Waals surface area contributed by atoms with Gasteiger partial charge in [-0.15, -0.1) is 0 Å². The second kappa shape index (κ2) is 5.50. The fourth-order valence-corrected chi connectivity index (χ4v) is 1.35. The summed E-state index contributed by atoms with van der Waals surface area (Å²) in [5.74, 6) is 0.128. The topological polar surface area (TPSA) is 81.2 Å². The molecule has 0 saturated heterocycles. The van der Waals surface area contributed by atoms with E-state index < -0.39 is 0 Å². The molecule has 0 radical (unpaired) electrons. The van der Waals surface area contributed by atoms with Gasteiger partial charge >= 0.3 is 0 Å². The maximum absolute atomic E-state index is 11.7. The molecule has 15 heavy (non-hydrogen) atoms. The number of amides is 1. The van der Waals surface area contributed by atoms with E-state index in [-0.39, 0.29) is 11.8 Å². The summed E-state index contributed by atoms with van der Waals surface area (Å²) < 4.78 is 4.88. The summed E-state index contributed by atoms with van der Waals surface area (Å²) in [4.78, 5) is 11.7. The zero-order valence-corrected chi connectivity index (χ0v) is 9.12. The number of aryl methyl sites for hydroxylation is 1. The van der Waals surface area contributed by atoms with Gasteiger partial charge in [0.1, 0.15) is 0 Å². The number of hydrogen-bond acceptors (Lipinski definition) is 4. The fourth-order valence-electron chi connectivity index (χ4n) is 1.35. The quantitative estimate of drug-likeness (QED) is 0.769. The van der Waals surface area contributed by atoms with Crippen LogP contribution in [0.1, 0.15) is 25.5 Å². The molecule has 1 rings (SSSR count). The van der Waals surface area contributed by atoms with Crippen LogP contribution in [0.15, 0.2) is 10.6 Å². The van der Waals surface area contributed by atoms with Crippen LogP contribution >= 0.6 is 0 Å². The molecule has 0 aliphatic carbocycles. The standard InChI is InChI=1S/C10H17N3O2/c1-3-4-8(6-11)10(14)12-9-5-7(2)13-15-9/h5,8H,3-4,6,11H2,1-2H3,(H,12,14). The van der Waals surface area contributed by atoms with Crippen molar-refractivity contribution < 1.29 is 9.32 Å². The molecule has 1 atom stereocenters. The van der Waals surface area contributed by atoms with Crippen LogP contribution in [0.2, 0.25) is 0 Å². The second-order valence-electron chi connectivity index (χ2n) is 3.54. The van der Waals surface area contributed by atoms with Crippen LogP contribution in [0.25, 0.3) is 0 Å². The summed E-state index contributed by atoms with van der Waals surface area (Å²) in [6, 6.07) is 1.68. The third-order valence-electron chi connectivity index (χ3n) is 2.17. The number of carbonyl (C=O) groups excluding carboxylic acids is 1. The van der Waals surface area contributed by atoms with E-state index in [1.165, 1.54) is 0 Å². The van der Waals surface area contributed by atoms with Gasteiger partial charge in [-0.05, 0) is 13.3 Å². The monoisotopic (exact) mass is 211 g/mol. The summed E-state index contributed by atoms with van der Waals surface area (Å²) in [5, 5.41) is 6.33. The Balaban J connectivity index is 2.53. The van der Waals surface area contributed by atoms with Gasteiger partial charge < -0.3 is 10.3 Å². The molecule has 1 aromatic rings. The van der Waals surface area contributed by atoms with Crippen LogP contribution in [0.3, 0.4) is 0 Å². The molecule has 3 N–H and O–H groups in total. The summed E-state index contributed by atoms with van der Waals surface area (Å²) in [6.07, 6.45) is 1.72. The van der Waals surface area contributed by atoms with Gasteiger partial charge in [-0.2, -0.15) is 0 Å². The SMILES string of the molecule is CCCC(CN)C(=O)Nc1cc(C)no1. The van der Waals surface area contributed by atoms with Crippen LogP contribution in [-0.2, 0) is 4.79 Å². The second-order valence-corrected chi connectivity index (χ2v) is 3.54. The van der Waals surface area contributed by atoms with Crippen LogP contribution in [-0.4, -0.2) is 17.6 Å². The smallest absolute Gasteiger partial charge is 0.231 e. The Labute approximate surface area is 89.0 Å². The molecule has 1 heterocycles. The predicted octanol–water partition coefficient (Wildman–Crippen LogP) is 1.30. The van der Waals surface area contributed by atoms with E-state index in [0.29, 0.717) is 12.4 Å². The molecule has 5 heteroatoms. The van der Waals surface area contributed by atoms with Gasteiger partial charge in [0.2, 0.25) is 11.8 Å². The first-order valence-electron chi connectivity index (χ1n) is 5.11. The minimum absolute atomic E-state index is 0.101. The van der Waals surface area contributed by atoms with E-state index in [4.69, 9.17) is 10.3 Å². The molecular weight excluding hydrogens is 194 g/mol. The number of nitrogens with one attached hydrogen (secondary N) is 1. The Hall–Kier alpha value is -1.36. The fraction of sp³-hybridized carbons (Fsp3) is 0.600. The molecule has 0 saturated carbocycles. The third-order valence-corrected chi connectivity index (χ3v) is 2.17. The van der Waals surface area contributed by atoms with Crippen molar-refractivity contribution in [3.63, 3.8) is 0 Å². The Morgan fingerprint density at radius 1 is 1.73 bits per heavy atom. The summed E-state index contributed by atoms with van der Waals surface area (Å²) in [7, 11) is 0. The van der Waals surface area contributed by atoms with Gasteiger partial charge in [-0.1, -0.05) is 18.5 Å². The first-order valence-corrected chi connectivity index (χ1v) is 5.11. The summed E-state index contributed by atoms with van der Waals surface area (Å²) in [5.41, 5.74) is 6.25. The van der Waals surface area contributed by atoms with E-state index in [1.807, 2.05) is 6.92 Å². The molecule has 0 bridgehead atoms. The van der Waals surface area contributed by atoms with Gasteiger partial charge in [0.05, 0.1) is 11.6 Å². The van der Waals surface area contributed by atoms with Crippen molar-refractivity contribution in [2.75, 3.05) is 11.9 Å². The summed E-state index contributed by atoms with van der Waals surface area (Å²) >= 11 is 0. The van der Waals surface area contributed by atoms with Gasteiger partial charge in [0, 0.05) is 12.6 Å². The van der Waals surface area contributed by atoms with E-state index in [2.05, 4.69) is 10.5 Å². The van der Waals surface area contributed by atoms with Crippen molar-refractivity contribution in [1.29, 1.82) is 0 Å². The Bertz CT molecular complexity index is 322. The van der Waals surface area contributed by atoms with Crippen LogP contribution < -0.4 is 11.1 Å². The highest BCUT2D eigenvalue weighted by atomic mass is 16.5. The Morgan fingerprint density at radius 2 is 2.47 bits per heavy atom. The first-order chi connectivity index (χ1) is 7.17. The van der Waals surface area contributed by atoms with Crippen LogP contribution in [0.4, 0.5) is 5.88 Å². The minimum atomic E-state index is -0.152. The molecule has 1 aromatic heterocycles. The molecular formula is C10H17N3O2. The Kier molecular flexibility index (Phi) is 4.30. The van der Waals surface area contributed by atoms with Crippen molar-refractivity contribution >= 4 is 11.8 Å². The number of aromatic nitrogens is 1. The van der Waals surface area contributed by atoms with Crippen molar-refractivity contribution in [2.24, 2.45) is 11.7 Å². The molecule has 1 amide bonds. The maximum atomic E-state index is 11.7. The van der Waals surface area contributed by atoms with Crippen molar-refractivity contribution in [1.82, 2.24) is 5.16 Å². The van der Waals surface area contributed by atoms with E-state index >= 15 is 0 Å². The highest BCUT2D eigenvalue weighted by Gasteiger charge is 2.17. The largest absolute Gasteiger partial charge is 0.338 e. The lowest BCUT2D eigenvalue weighted by Crippen LogP contribution is -2.28. The van der Waals surface area contributed by atoms with Crippen LogP contribution in [0, 0.1) is 12.8 Å². The van der Waals surface area contributed by atoms with E-state index in [0.717, 1.165) is 18.5 Å². The highest BCUT2D eigenvalue weighted by molar-refractivity contribution is 5.91. The molecule has 84 valence electrons. The number of nitrogens with two attached hydrogens (primary N) is 1. The normalized spacial score (nSPS) is 12.5.